The number of nitrogens with one attached hydrogen (secondary N) is 1. The number of amides is 1. The largest absolute Gasteiger partial charge is 0.494 e. The van der Waals surface area contributed by atoms with Gasteiger partial charge >= 0.3 is 0 Å². The van der Waals surface area contributed by atoms with E-state index < -0.39 is 0 Å². The molecule has 6 heteroatoms. The highest BCUT2D eigenvalue weighted by Gasteiger charge is 2.42. The predicted octanol–water partition coefficient (Wildman–Crippen LogP) is 6.36. The first-order valence-corrected chi connectivity index (χ1v) is 13.1. The number of hydrogen-bond donors (Lipinski definition) is 1. The lowest BCUT2D eigenvalue weighted by molar-refractivity contribution is -0.118. The molecule has 1 saturated carbocycles. The molecule has 1 N–H and O–H groups in total. The first-order valence-electron chi connectivity index (χ1n) is 11.7. The van der Waals surface area contributed by atoms with Crippen LogP contribution < -0.4 is 14.8 Å². The number of rotatable bonds is 8. The van der Waals surface area contributed by atoms with Gasteiger partial charge in [0.15, 0.2) is 0 Å². The minimum absolute atomic E-state index is 0.0793. The molecule has 0 saturated heterocycles. The highest BCUT2D eigenvalue weighted by Crippen LogP contribution is 2.51. The van der Waals surface area contributed by atoms with Crippen molar-refractivity contribution in [2.45, 2.75) is 62.7 Å². The molecular formula is C26H32ClNO3S. The van der Waals surface area contributed by atoms with Gasteiger partial charge < -0.3 is 14.8 Å². The molecule has 0 bridgehead atoms. The van der Waals surface area contributed by atoms with Crippen molar-refractivity contribution >= 4 is 29.3 Å². The van der Waals surface area contributed by atoms with Crippen molar-refractivity contribution in [1.82, 2.24) is 5.32 Å². The van der Waals surface area contributed by atoms with Gasteiger partial charge in [0, 0.05) is 28.8 Å². The predicted molar refractivity (Wildman–Crippen MR) is 132 cm³/mol. The number of carbonyl (C=O) groups excluding carboxylic acids is 1. The number of thioether (sulfide) groups is 1. The highest BCUT2D eigenvalue weighted by atomic mass is 35.5. The zero-order chi connectivity index (χ0) is 22.4. The van der Waals surface area contributed by atoms with Gasteiger partial charge in [-0.15, -0.1) is 11.8 Å². The molecule has 1 heterocycles. The Bertz CT molecular complexity index is 912. The van der Waals surface area contributed by atoms with Crippen LogP contribution in [0.5, 0.6) is 11.5 Å². The number of fused-ring (bicyclic) bond motifs is 1. The maximum atomic E-state index is 12.6. The van der Waals surface area contributed by atoms with Crippen molar-refractivity contribution < 1.29 is 14.3 Å². The number of ether oxygens (including phenoxy) is 2. The van der Waals surface area contributed by atoms with E-state index in [4.69, 9.17) is 21.1 Å². The smallest absolute Gasteiger partial charge is 0.230 e. The van der Waals surface area contributed by atoms with E-state index >= 15 is 0 Å². The molecule has 2 aliphatic rings. The molecule has 1 amide bonds. The second-order valence-corrected chi connectivity index (χ2v) is 10.3. The van der Waals surface area contributed by atoms with Gasteiger partial charge in [-0.2, -0.15) is 0 Å². The number of halogens is 1. The summed E-state index contributed by atoms with van der Waals surface area (Å²) in [5.74, 6) is 2.35. The lowest BCUT2D eigenvalue weighted by atomic mass is 9.78. The van der Waals surface area contributed by atoms with Crippen LogP contribution in [0.1, 0.15) is 61.8 Å². The number of carbonyl (C=O) groups is 1. The molecule has 4 rings (SSSR count). The highest BCUT2D eigenvalue weighted by molar-refractivity contribution is 8.00. The van der Waals surface area contributed by atoms with Crippen molar-refractivity contribution in [3.8, 4) is 11.5 Å². The summed E-state index contributed by atoms with van der Waals surface area (Å²) in [6, 6.07) is 13.9. The topological polar surface area (TPSA) is 47.6 Å². The fraction of sp³-hybridized carbons (Fsp3) is 0.500. The molecule has 32 heavy (non-hydrogen) atoms. The van der Waals surface area contributed by atoms with Crippen LogP contribution >= 0.6 is 23.4 Å². The summed E-state index contributed by atoms with van der Waals surface area (Å²) in [5.41, 5.74) is 2.25. The van der Waals surface area contributed by atoms with Gasteiger partial charge in [0.2, 0.25) is 5.91 Å². The Morgan fingerprint density at radius 2 is 1.97 bits per heavy atom. The van der Waals surface area contributed by atoms with Gasteiger partial charge in [-0.05, 0) is 74.9 Å². The molecule has 4 nitrogen and oxygen atoms in total. The van der Waals surface area contributed by atoms with E-state index in [0.717, 1.165) is 47.8 Å². The molecule has 1 aliphatic heterocycles. The summed E-state index contributed by atoms with van der Waals surface area (Å²) < 4.78 is 12.3. The van der Waals surface area contributed by atoms with E-state index in [1.165, 1.54) is 24.8 Å². The second-order valence-electron chi connectivity index (χ2n) is 8.71. The third-order valence-corrected chi connectivity index (χ3v) is 7.86. The van der Waals surface area contributed by atoms with Gasteiger partial charge in [0.25, 0.3) is 0 Å². The first-order chi connectivity index (χ1) is 15.6. The van der Waals surface area contributed by atoms with Crippen molar-refractivity contribution in [2.24, 2.45) is 0 Å². The van der Waals surface area contributed by atoms with E-state index in [1.807, 2.05) is 37.3 Å². The van der Waals surface area contributed by atoms with E-state index in [0.29, 0.717) is 18.9 Å². The standard InChI is InChI=1S/C26H32ClNO3S/c1-2-30-21-10-11-23-22(16-21)24(17-26(31-23)13-4-3-5-14-26)32-18-25(29)28-15-12-19-6-8-20(27)9-7-19/h6-11,16,24H,2-5,12-15,17-18H2,1H3,(H,28,29)/t24-/m1/s1. The normalized spacial score (nSPS) is 19.1. The van der Waals surface area contributed by atoms with Crippen LogP contribution in [0.3, 0.4) is 0 Å². The van der Waals surface area contributed by atoms with E-state index in [-0.39, 0.29) is 16.8 Å². The van der Waals surface area contributed by atoms with Crippen molar-refractivity contribution in [3.05, 3.63) is 58.6 Å². The molecule has 1 fully saturated rings. The van der Waals surface area contributed by atoms with Gasteiger partial charge in [0.05, 0.1) is 12.4 Å². The fourth-order valence-electron chi connectivity index (χ4n) is 4.73. The summed E-state index contributed by atoms with van der Waals surface area (Å²) in [4.78, 5) is 12.6. The molecule has 1 spiro atoms. The number of hydrogen-bond acceptors (Lipinski definition) is 4. The average molecular weight is 474 g/mol. The molecular weight excluding hydrogens is 442 g/mol. The number of benzene rings is 2. The summed E-state index contributed by atoms with van der Waals surface area (Å²) in [5, 5.41) is 4.03. The Kier molecular flexibility index (Phi) is 7.90. The molecule has 0 aromatic heterocycles. The third kappa shape index (κ3) is 5.93. The van der Waals surface area contributed by atoms with Crippen LogP contribution in [-0.4, -0.2) is 30.4 Å². The Labute approximate surface area is 200 Å². The Balaban J connectivity index is 1.37. The first kappa shape index (κ1) is 23.3. The Hall–Kier alpha value is -1.85. The summed E-state index contributed by atoms with van der Waals surface area (Å²) in [7, 11) is 0. The average Bonchev–Trinajstić information content (AvgIpc) is 2.80. The Morgan fingerprint density at radius 1 is 1.19 bits per heavy atom. The van der Waals surface area contributed by atoms with Crippen LogP contribution in [-0.2, 0) is 11.2 Å². The maximum absolute atomic E-state index is 12.6. The van der Waals surface area contributed by atoms with Crippen LogP contribution in [0.15, 0.2) is 42.5 Å². The van der Waals surface area contributed by atoms with E-state index in [1.54, 1.807) is 11.8 Å². The molecule has 1 aliphatic carbocycles. The minimum Gasteiger partial charge on any atom is -0.494 e. The Morgan fingerprint density at radius 3 is 2.72 bits per heavy atom. The second kappa shape index (κ2) is 10.8. The summed E-state index contributed by atoms with van der Waals surface area (Å²) >= 11 is 7.66. The molecule has 0 radical (unpaired) electrons. The third-order valence-electron chi connectivity index (χ3n) is 6.35. The van der Waals surface area contributed by atoms with Crippen LogP contribution in [0.4, 0.5) is 0 Å². The molecule has 172 valence electrons. The van der Waals surface area contributed by atoms with Crippen molar-refractivity contribution in [2.75, 3.05) is 18.9 Å². The summed E-state index contributed by atoms with van der Waals surface area (Å²) in [6.45, 7) is 3.26. The van der Waals surface area contributed by atoms with Crippen LogP contribution in [0.25, 0.3) is 0 Å². The minimum atomic E-state index is -0.0822. The van der Waals surface area contributed by atoms with Crippen molar-refractivity contribution in [3.63, 3.8) is 0 Å². The zero-order valence-electron chi connectivity index (χ0n) is 18.7. The fourth-order valence-corrected chi connectivity index (χ4v) is 6.09. The SMILES string of the molecule is CCOc1ccc2c(c1)[C@H](SCC(=O)NCCc1ccc(Cl)cc1)CC1(CCCCC1)O2. The lowest BCUT2D eigenvalue weighted by Crippen LogP contribution is -2.42. The quantitative estimate of drug-likeness (QED) is 0.484. The molecule has 2 aromatic rings. The van der Waals surface area contributed by atoms with Gasteiger partial charge in [0.1, 0.15) is 17.1 Å². The van der Waals surface area contributed by atoms with Gasteiger partial charge in [-0.3, -0.25) is 4.79 Å². The molecule has 2 aromatic carbocycles. The van der Waals surface area contributed by atoms with Crippen molar-refractivity contribution in [1.29, 1.82) is 0 Å². The zero-order valence-corrected chi connectivity index (χ0v) is 20.3. The van der Waals surface area contributed by atoms with E-state index in [2.05, 4.69) is 17.4 Å². The monoisotopic (exact) mass is 473 g/mol. The molecule has 0 unspecified atom stereocenters. The molecule has 1 atom stereocenters. The summed E-state index contributed by atoms with van der Waals surface area (Å²) in [6.07, 6.45) is 7.68. The maximum Gasteiger partial charge on any atom is 0.230 e. The van der Waals surface area contributed by atoms with Crippen LogP contribution in [0.2, 0.25) is 5.02 Å². The van der Waals surface area contributed by atoms with Gasteiger partial charge in [-0.25, -0.2) is 0 Å². The lowest BCUT2D eigenvalue weighted by Gasteiger charge is -2.44. The van der Waals surface area contributed by atoms with Gasteiger partial charge in [-0.1, -0.05) is 30.2 Å². The van der Waals surface area contributed by atoms with Crippen LogP contribution in [0, 0.1) is 0 Å². The van der Waals surface area contributed by atoms with E-state index in [9.17, 15) is 4.79 Å².